The van der Waals surface area contributed by atoms with Crippen LogP contribution in [0.1, 0.15) is 24.5 Å². The second kappa shape index (κ2) is 6.80. The third-order valence-corrected chi connectivity index (χ3v) is 5.96. The van der Waals surface area contributed by atoms with E-state index in [2.05, 4.69) is 0 Å². The van der Waals surface area contributed by atoms with Gasteiger partial charge >= 0.3 is 5.97 Å². The molecule has 0 amide bonds. The molecule has 0 aliphatic heterocycles. The Labute approximate surface area is 152 Å². The quantitative estimate of drug-likeness (QED) is 0.688. The van der Waals surface area contributed by atoms with Gasteiger partial charge in [0.1, 0.15) is 0 Å². The van der Waals surface area contributed by atoms with E-state index in [1.54, 1.807) is 55.5 Å². The number of benzene rings is 2. The molecule has 0 fully saturated rings. The van der Waals surface area contributed by atoms with E-state index in [0.29, 0.717) is 17.5 Å². The molecule has 134 valence electrons. The van der Waals surface area contributed by atoms with Crippen molar-refractivity contribution in [3.8, 4) is 0 Å². The van der Waals surface area contributed by atoms with Crippen LogP contribution in [0.15, 0.2) is 65.2 Å². The predicted octanol–water partition coefficient (Wildman–Crippen LogP) is 4.06. The predicted molar refractivity (Wildman–Crippen MR) is 102 cm³/mol. The highest BCUT2D eigenvalue weighted by molar-refractivity contribution is 7.90. The van der Waals surface area contributed by atoms with E-state index in [-0.39, 0.29) is 10.5 Å². The SMILES string of the molecule is CC/C(=C\c1cccc2ccn(S(=O)(=O)c3ccc(C)cc3)c12)C(=O)O. The van der Waals surface area contributed by atoms with E-state index in [4.69, 9.17) is 0 Å². The zero-order chi connectivity index (χ0) is 18.9. The summed E-state index contributed by atoms with van der Waals surface area (Å²) in [6.07, 6.45) is 3.38. The number of rotatable bonds is 5. The Hall–Kier alpha value is -2.86. The lowest BCUT2D eigenvalue weighted by molar-refractivity contribution is -0.132. The van der Waals surface area contributed by atoms with Gasteiger partial charge in [0, 0.05) is 22.7 Å². The van der Waals surface area contributed by atoms with Crippen LogP contribution in [0.3, 0.4) is 0 Å². The summed E-state index contributed by atoms with van der Waals surface area (Å²) < 4.78 is 27.4. The molecule has 0 saturated heterocycles. The normalized spacial score (nSPS) is 12.5. The number of nitrogens with zero attached hydrogens (tertiary/aromatic N) is 1. The molecule has 3 aromatic rings. The molecule has 0 spiro atoms. The van der Waals surface area contributed by atoms with Crippen molar-refractivity contribution >= 4 is 33.0 Å². The zero-order valence-electron chi connectivity index (χ0n) is 14.5. The second-order valence-electron chi connectivity index (χ2n) is 6.04. The monoisotopic (exact) mass is 369 g/mol. The van der Waals surface area contributed by atoms with Gasteiger partial charge in [-0.25, -0.2) is 17.2 Å². The molecule has 1 heterocycles. The minimum Gasteiger partial charge on any atom is -0.478 e. The number of aryl methyl sites for hydroxylation is 1. The molecule has 26 heavy (non-hydrogen) atoms. The number of aliphatic carboxylic acids is 1. The standard InChI is InChI=1S/C20H19NO4S/c1-3-15(20(22)23)13-17-6-4-5-16-11-12-21(19(16)17)26(24,25)18-9-7-14(2)8-10-18/h4-13H,3H2,1-2H3,(H,22,23)/b15-13+. The Kier molecular flexibility index (Phi) is 4.70. The number of carbonyl (C=O) groups is 1. The molecule has 0 aliphatic carbocycles. The Morgan fingerprint density at radius 1 is 1.12 bits per heavy atom. The minimum atomic E-state index is -3.78. The fraction of sp³-hybridized carbons (Fsp3) is 0.150. The van der Waals surface area contributed by atoms with Crippen molar-refractivity contribution in [1.82, 2.24) is 3.97 Å². The average molecular weight is 369 g/mol. The Morgan fingerprint density at radius 2 is 1.81 bits per heavy atom. The third kappa shape index (κ3) is 3.15. The largest absolute Gasteiger partial charge is 0.478 e. The lowest BCUT2D eigenvalue weighted by atomic mass is 10.1. The van der Waals surface area contributed by atoms with Crippen molar-refractivity contribution in [3.05, 3.63) is 71.4 Å². The van der Waals surface area contributed by atoms with Gasteiger partial charge in [0.25, 0.3) is 10.0 Å². The fourth-order valence-corrected chi connectivity index (χ4v) is 4.21. The second-order valence-corrected chi connectivity index (χ2v) is 7.86. The van der Waals surface area contributed by atoms with E-state index >= 15 is 0 Å². The Bertz CT molecular complexity index is 1110. The van der Waals surface area contributed by atoms with Gasteiger partial charge in [0.05, 0.1) is 10.4 Å². The van der Waals surface area contributed by atoms with E-state index in [9.17, 15) is 18.3 Å². The van der Waals surface area contributed by atoms with Crippen LogP contribution in [-0.4, -0.2) is 23.5 Å². The van der Waals surface area contributed by atoms with Crippen LogP contribution in [-0.2, 0) is 14.8 Å². The molecule has 0 bridgehead atoms. The minimum absolute atomic E-state index is 0.188. The fourth-order valence-electron chi connectivity index (χ4n) is 2.83. The summed E-state index contributed by atoms with van der Waals surface area (Å²) in [6, 6.07) is 13.7. The highest BCUT2D eigenvalue weighted by Gasteiger charge is 2.20. The summed E-state index contributed by atoms with van der Waals surface area (Å²) in [7, 11) is -3.78. The molecule has 0 aliphatic rings. The van der Waals surface area contributed by atoms with Crippen LogP contribution in [0, 0.1) is 6.92 Å². The summed E-state index contributed by atoms with van der Waals surface area (Å²) in [5, 5.41) is 10.0. The summed E-state index contributed by atoms with van der Waals surface area (Å²) >= 11 is 0. The smallest absolute Gasteiger partial charge is 0.331 e. The highest BCUT2D eigenvalue weighted by Crippen LogP contribution is 2.27. The van der Waals surface area contributed by atoms with Gasteiger partial charge in [-0.3, -0.25) is 0 Å². The number of aromatic nitrogens is 1. The van der Waals surface area contributed by atoms with Gasteiger partial charge in [0.2, 0.25) is 0 Å². The van der Waals surface area contributed by atoms with Crippen LogP contribution in [0.2, 0.25) is 0 Å². The van der Waals surface area contributed by atoms with Crippen LogP contribution in [0.5, 0.6) is 0 Å². The van der Waals surface area contributed by atoms with Gasteiger partial charge < -0.3 is 5.11 Å². The highest BCUT2D eigenvalue weighted by atomic mass is 32.2. The zero-order valence-corrected chi connectivity index (χ0v) is 15.3. The van der Waals surface area contributed by atoms with E-state index in [1.807, 2.05) is 6.92 Å². The van der Waals surface area contributed by atoms with Gasteiger partial charge in [-0.05, 0) is 37.6 Å². The third-order valence-electron chi connectivity index (χ3n) is 4.27. The van der Waals surface area contributed by atoms with Gasteiger partial charge in [-0.1, -0.05) is 42.8 Å². The number of para-hydroxylation sites is 1. The lowest BCUT2D eigenvalue weighted by Crippen LogP contribution is -2.12. The number of carboxylic acid groups (broad SMARTS) is 1. The molecule has 1 aromatic heterocycles. The van der Waals surface area contributed by atoms with Crippen molar-refractivity contribution in [2.75, 3.05) is 0 Å². The molecule has 2 aromatic carbocycles. The average Bonchev–Trinajstić information content (AvgIpc) is 3.05. The molecule has 0 radical (unpaired) electrons. The van der Waals surface area contributed by atoms with Crippen LogP contribution < -0.4 is 0 Å². The maximum absolute atomic E-state index is 13.1. The maximum atomic E-state index is 13.1. The van der Waals surface area contributed by atoms with Crippen molar-refractivity contribution < 1.29 is 18.3 Å². The Morgan fingerprint density at radius 3 is 2.42 bits per heavy atom. The first-order chi connectivity index (χ1) is 12.3. The number of hydrogen-bond donors (Lipinski definition) is 1. The van der Waals surface area contributed by atoms with E-state index in [0.717, 1.165) is 10.9 Å². The van der Waals surface area contributed by atoms with Crippen molar-refractivity contribution in [2.45, 2.75) is 25.2 Å². The number of hydrogen-bond acceptors (Lipinski definition) is 3. The summed E-state index contributed by atoms with van der Waals surface area (Å²) in [5.41, 5.74) is 2.22. The summed E-state index contributed by atoms with van der Waals surface area (Å²) in [5.74, 6) is -1.01. The molecule has 0 atom stereocenters. The van der Waals surface area contributed by atoms with Gasteiger partial charge in [-0.15, -0.1) is 0 Å². The molecule has 1 N–H and O–H groups in total. The van der Waals surface area contributed by atoms with E-state index < -0.39 is 16.0 Å². The first-order valence-electron chi connectivity index (χ1n) is 8.20. The summed E-state index contributed by atoms with van der Waals surface area (Å²) in [6.45, 7) is 3.64. The van der Waals surface area contributed by atoms with Crippen LogP contribution in [0.4, 0.5) is 0 Å². The number of fused-ring (bicyclic) bond motifs is 1. The van der Waals surface area contributed by atoms with Crippen molar-refractivity contribution in [2.24, 2.45) is 0 Å². The molecule has 5 nitrogen and oxygen atoms in total. The van der Waals surface area contributed by atoms with Crippen LogP contribution in [0.25, 0.3) is 17.0 Å². The summed E-state index contributed by atoms with van der Waals surface area (Å²) in [4.78, 5) is 11.5. The van der Waals surface area contributed by atoms with E-state index in [1.165, 1.54) is 16.2 Å². The molecular weight excluding hydrogens is 350 g/mol. The first kappa shape index (κ1) is 17.9. The lowest BCUT2D eigenvalue weighted by Gasteiger charge is -2.10. The topological polar surface area (TPSA) is 76.4 Å². The molecule has 3 rings (SSSR count). The Balaban J connectivity index is 2.25. The molecule has 6 heteroatoms. The molecular formula is C20H19NO4S. The van der Waals surface area contributed by atoms with Crippen molar-refractivity contribution in [3.63, 3.8) is 0 Å². The van der Waals surface area contributed by atoms with Gasteiger partial charge in [0.15, 0.2) is 0 Å². The number of carboxylic acids is 1. The molecule has 0 unspecified atom stereocenters. The van der Waals surface area contributed by atoms with Crippen LogP contribution >= 0.6 is 0 Å². The first-order valence-corrected chi connectivity index (χ1v) is 9.65. The maximum Gasteiger partial charge on any atom is 0.331 e. The van der Waals surface area contributed by atoms with Gasteiger partial charge in [-0.2, -0.15) is 0 Å². The molecule has 0 saturated carbocycles. The van der Waals surface area contributed by atoms with Crippen molar-refractivity contribution in [1.29, 1.82) is 0 Å².